The van der Waals surface area contributed by atoms with Gasteiger partial charge in [-0.1, -0.05) is 30.3 Å². The smallest absolute Gasteiger partial charge is 0.261 e. The second-order valence-electron chi connectivity index (χ2n) is 6.54. The minimum atomic E-state index is -0.0197. The molecule has 4 rings (SSSR count). The zero-order chi connectivity index (χ0) is 17.1. The molecule has 0 bridgehead atoms. The first-order chi connectivity index (χ1) is 12.3. The minimum absolute atomic E-state index is 0.00765. The van der Waals surface area contributed by atoms with Crippen LogP contribution in [-0.4, -0.2) is 35.3 Å². The van der Waals surface area contributed by atoms with Crippen molar-refractivity contribution in [2.45, 2.75) is 25.6 Å². The van der Waals surface area contributed by atoms with Gasteiger partial charge in [-0.05, 0) is 24.1 Å². The summed E-state index contributed by atoms with van der Waals surface area (Å²) in [6.07, 6.45) is 4.37. The van der Waals surface area contributed by atoms with Crippen LogP contribution in [0.25, 0.3) is 11.0 Å². The molecule has 0 N–H and O–H groups in total. The Hall–Kier alpha value is -2.37. The lowest BCUT2D eigenvalue weighted by molar-refractivity contribution is 0.0409. The fourth-order valence-corrected chi connectivity index (χ4v) is 3.44. The molecule has 3 heterocycles. The number of nitrogens with zero attached hydrogens (tertiary/aromatic N) is 2. The molecule has 0 spiro atoms. The Morgan fingerprint density at radius 1 is 1.12 bits per heavy atom. The van der Waals surface area contributed by atoms with Gasteiger partial charge < -0.3 is 13.7 Å². The summed E-state index contributed by atoms with van der Waals surface area (Å²) in [7, 11) is 0. The molecule has 130 valence electrons. The van der Waals surface area contributed by atoms with E-state index in [4.69, 9.17) is 9.15 Å². The Kier molecular flexibility index (Phi) is 4.68. The van der Waals surface area contributed by atoms with Crippen LogP contribution < -0.4 is 5.56 Å². The molecule has 1 fully saturated rings. The normalized spacial score (nSPS) is 19.1. The van der Waals surface area contributed by atoms with Gasteiger partial charge in [0.05, 0.1) is 24.3 Å². The van der Waals surface area contributed by atoms with E-state index in [0.29, 0.717) is 17.5 Å². The molecule has 1 aliphatic heterocycles. The second kappa shape index (κ2) is 7.25. The third kappa shape index (κ3) is 3.67. The Bertz CT molecular complexity index is 885. The first-order valence-electron chi connectivity index (χ1n) is 8.74. The van der Waals surface area contributed by atoms with Crippen LogP contribution in [0.4, 0.5) is 0 Å². The van der Waals surface area contributed by atoms with Crippen molar-refractivity contribution in [3.63, 3.8) is 0 Å². The molecule has 0 saturated carbocycles. The van der Waals surface area contributed by atoms with Crippen LogP contribution >= 0.6 is 0 Å². The number of hydrogen-bond acceptors (Lipinski definition) is 4. The first kappa shape index (κ1) is 16.1. The number of pyridine rings is 1. The summed E-state index contributed by atoms with van der Waals surface area (Å²) < 4.78 is 13.0. The maximum absolute atomic E-state index is 12.6. The summed E-state index contributed by atoms with van der Waals surface area (Å²) in [6, 6.07) is 14.0. The first-order valence-corrected chi connectivity index (χ1v) is 8.74. The lowest BCUT2D eigenvalue weighted by atomic mass is 10.2. The van der Waals surface area contributed by atoms with Gasteiger partial charge in [-0.25, -0.2) is 0 Å². The predicted octanol–water partition coefficient (Wildman–Crippen LogP) is 2.89. The lowest BCUT2D eigenvalue weighted by Crippen LogP contribution is -2.36. The van der Waals surface area contributed by atoms with E-state index < -0.39 is 0 Å². The molecule has 1 aromatic carbocycles. The topological polar surface area (TPSA) is 47.6 Å². The number of aromatic nitrogens is 1. The van der Waals surface area contributed by atoms with E-state index in [2.05, 4.69) is 29.2 Å². The Morgan fingerprint density at radius 2 is 2.00 bits per heavy atom. The van der Waals surface area contributed by atoms with Crippen molar-refractivity contribution in [2.24, 2.45) is 0 Å². The highest BCUT2D eigenvalue weighted by atomic mass is 16.5. The number of ether oxygens (including phenoxy) is 1. The summed E-state index contributed by atoms with van der Waals surface area (Å²) in [5.41, 5.74) is 1.92. The van der Waals surface area contributed by atoms with Crippen LogP contribution in [0.15, 0.2) is 64.1 Å². The van der Waals surface area contributed by atoms with Crippen molar-refractivity contribution >= 4 is 11.0 Å². The number of rotatable bonds is 4. The standard InChI is InChI=1S/C20H22N2O3/c23-20-18-8-12-25-19(18)7-10-22(20)15-17-14-21(9-4-11-24-17)13-16-5-2-1-3-6-16/h1-3,5-8,10,12,17H,4,9,11,13-15H2/t17-/m0/s1. The molecule has 0 amide bonds. The fraction of sp³-hybridized carbons (Fsp3) is 0.350. The van der Waals surface area contributed by atoms with Crippen molar-refractivity contribution in [1.82, 2.24) is 9.47 Å². The quantitative estimate of drug-likeness (QED) is 0.734. The summed E-state index contributed by atoms with van der Waals surface area (Å²) in [5, 5.41) is 0.622. The molecule has 5 heteroatoms. The second-order valence-corrected chi connectivity index (χ2v) is 6.54. The van der Waals surface area contributed by atoms with Crippen molar-refractivity contribution < 1.29 is 9.15 Å². The van der Waals surface area contributed by atoms with Gasteiger partial charge in [0.25, 0.3) is 5.56 Å². The predicted molar refractivity (Wildman–Crippen MR) is 96.6 cm³/mol. The number of fused-ring (bicyclic) bond motifs is 1. The summed E-state index contributed by atoms with van der Waals surface area (Å²) in [4.78, 5) is 15.0. The van der Waals surface area contributed by atoms with Gasteiger partial charge in [-0.2, -0.15) is 0 Å². The molecule has 0 unspecified atom stereocenters. The Morgan fingerprint density at radius 3 is 2.88 bits per heavy atom. The van der Waals surface area contributed by atoms with Crippen LogP contribution in [0.1, 0.15) is 12.0 Å². The highest BCUT2D eigenvalue weighted by molar-refractivity contribution is 5.75. The molecule has 0 aliphatic carbocycles. The average Bonchev–Trinajstić information content (AvgIpc) is 3.01. The highest BCUT2D eigenvalue weighted by Gasteiger charge is 2.20. The molecule has 5 nitrogen and oxygen atoms in total. The fourth-order valence-electron chi connectivity index (χ4n) is 3.44. The van der Waals surface area contributed by atoms with E-state index >= 15 is 0 Å². The van der Waals surface area contributed by atoms with E-state index in [0.717, 1.165) is 32.7 Å². The van der Waals surface area contributed by atoms with Gasteiger partial charge in [0.2, 0.25) is 0 Å². The summed E-state index contributed by atoms with van der Waals surface area (Å²) in [6.45, 7) is 4.05. The van der Waals surface area contributed by atoms with Gasteiger partial charge in [0.15, 0.2) is 0 Å². The van der Waals surface area contributed by atoms with E-state index in [1.54, 1.807) is 23.1 Å². The van der Waals surface area contributed by atoms with Crippen LogP contribution in [0, 0.1) is 0 Å². The van der Waals surface area contributed by atoms with Gasteiger partial charge >= 0.3 is 0 Å². The van der Waals surface area contributed by atoms with Crippen molar-refractivity contribution in [2.75, 3.05) is 19.7 Å². The molecule has 1 saturated heterocycles. The maximum atomic E-state index is 12.6. The lowest BCUT2D eigenvalue weighted by Gasteiger charge is -2.24. The van der Waals surface area contributed by atoms with Crippen LogP contribution in [-0.2, 0) is 17.8 Å². The Labute approximate surface area is 146 Å². The molecule has 3 aromatic rings. The van der Waals surface area contributed by atoms with E-state index in [9.17, 15) is 4.79 Å². The zero-order valence-electron chi connectivity index (χ0n) is 14.1. The molecular formula is C20H22N2O3. The van der Waals surface area contributed by atoms with E-state index in [1.807, 2.05) is 12.1 Å². The molecular weight excluding hydrogens is 316 g/mol. The van der Waals surface area contributed by atoms with Gasteiger partial charge in [-0.15, -0.1) is 0 Å². The summed E-state index contributed by atoms with van der Waals surface area (Å²) in [5.74, 6) is 0. The third-order valence-corrected chi connectivity index (χ3v) is 4.68. The highest BCUT2D eigenvalue weighted by Crippen LogP contribution is 2.14. The van der Waals surface area contributed by atoms with Crippen molar-refractivity contribution in [3.8, 4) is 0 Å². The molecule has 25 heavy (non-hydrogen) atoms. The zero-order valence-corrected chi connectivity index (χ0v) is 14.1. The molecule has 2 aromatic heterocycles. The number of hydrogen-bond donors (Lipinski definition) is 0. The average molecular weight is 338 g/mol. The van der Waals surface area contributed by atoms with E-state index in [1.165, 1.54) is 5.56 Å². The number of benzene rings is 1. The monoisotopic (exact) mass is 338 g/mol. The largest absolute Gasteiger partial charge is 0.464 e. The minimum Gasteiger partial charge on any atom is -0.464 e. The molecule has 1 atom stereocenters. The maximum Gasteiger partial charge on any atom is 0.261 e. The molecule has 0 radical (unpaired) electrons. The number of furan rings is 1. The summed E-state index contributed by atoms with van der Waals surface area (Å²) >= 11 is 0. The van der Waals surface area contributed by atoms with E-state index in [-0.39, 0.29) is 11.7 Å². The van der Waals surface area contributed by atoms with Crippen molar-refractivity contribution in [3.05, 3.63) is 70.8 Å². The van der Waals surface area contributed by atoms with Crippen LogP contribution in [0.2, 0.25) is 0 Å². The van der Waals surface area contributed by atoms with Gasteiger partial charge in [0.1, 0.15) is 5.58 Å². The molecule has 1 aliphatic rings. The third-order valence-electron chi connectivity index (χ3n) is 4.68. The van der Waals surface area contributed by atoms with Crippen LogP contribution in [0.5, 0.6) is 0 Å². The Balaban J connectivity index is 1.48. The van der Waals surface area contributed by atoms with Gasteiger partial charge in [0, 0.05) is 32.4 Å². The SMILES string of the molecule is O=c1c2ccoc2ccn1C[C@@H]1CN(Cc2ccccc2)CCCO1. The van der Waals surface area contributed by atoms with Crippen molar-refractivity contribution in [1.29, 1.82) is 0 Å². The van der Waals surface area contributed by atoms with Gasteiger partial charge in [-0.3, -0.25) is 9.69 Å². The van der Waals surface area contributed by atoms with Crippen LogP contribution in [0.3, 0.4) is 0 Å².